The third kappa shape index (κ3) is 3.87. The van der Waals surface area contributed by atoms with Gasteiger partial charge in [0.25, 0.3) is 0 Å². The number of halogens is 1. The summed E-state index contributed by atoms with van der Waals surface area (Å²) < 4.78 is 0. The summed E-state index contributed by atoms with van der Waals surface area (Å²) >= 11 is 6.33. The average Bonchev–Trinajstić information content (AvgIpc) is 2.30. The van der Waals surface area contributed by atoms with Crippen LogP contribution in [0.4, 0.5) is 5.69 Å². The molecule has 102 valence electrons. The molecule has 0 unspecified atom stereocenters. The largest absolute Gasteiger partial charge is 0.396 e. The predicted octanol–water partition coefficient (Wildman–Crippen LogP) is 2.96. The van der Waals surface area contributed by atoms with Crippen molar-refractivity contribution in [3.63, 3.8) is 0 Å². The molecule has 0 saturated carbocycles. The molecule has 3 nitrogen and oxygen atoms in total. The Hall–Kier alpha value is -0.770. The molecule has 0 bridgehead atoms. The minimum atomic E-state index is -0.0125. The molecular weight excluding hydrogens is 248 g/mol. The van der Waals surface area contributed by atoms with Crippen LogP contribution >= 0.6 is 11.6 Å². The molecule has 0 fully saturated rings. The summed E-state index contributed by atoms with van der Waals surface area (Å²) in [5.74, 6) is 0. The Morgan fingerprint density at radius 1 is 1.33 bits per heavy atom. The highest BCUT2D eigenvalue weighted by molar-refractivity contribution is 6.33. The molecule has 0 aliphatic rings. The molecule has 0 aliphatic heterocycles. The second kappa shape index (κ2) is 6.98. The minimum Gasteiger partial charge on any atom is -0.396 e. The summed E-state index contributed by atoms with van der Waals surface area (Å²) in [6.07, 6.45) is 0.740. The first-order valence-electron chi connectivity index (χ1n) is 6.40. The Morgan fingerprint density at radius 3 is 2.44 bits per heavy atom. The smallest absolute Gasteiger partial charge is 0.0642 e. The van der Waals surface area contributed by atoms with Gasteiger partial charge in [-0.2, -0.15) is 0 Å². The lowest BCUT2D eigenvalue weighted by Crippen LogP contribution is -2.32. The van der Waals surface area contributed by atoms with Crippen LogP contribution in [0.5, 0.6) is 0 Å². The van der Waals surface area contributed by atoms with Crippen molar-refractivity contribution >= 4 is 17.3 Å². The van der Waals surface area contributed by atoms with Crippen molar-refractivity contribution < 1.29 is 5.11 Å². The average molecular weight is 271 g/mol. The molecule has 0 radical (unpaired) electrons. The van der Waals surface area contributed by atoms with Crippen molar-refractivity contribution in [2.45, 2.75) is 39.3 Å². The number of aliphatic hydroxyl groups excluding tert-OH is 1. The maximum absolute atomic E-state index is 8.95. The van der Waals surface area contributed by atoms with Crippen LogP contribution in [0.2, 0.25) is 5.02 Å². The zero-order valence-corrected chi connectivity index (χ0v) is 12.1. The zero-order valence-electron chi connectivity index (χ0n) is 11.4. The Labute approximate surface area is 115 Å². The fourth-order valence-electron chi connectivity index (χ4n) is 1.94. The Bertz CT molecular complexity index is 380. The molecule has 1 rings (SSSR count). The van der Waals surface area contributed by atoms with Crippen LogP contribution in [0.3, 0.4) is 0 Å². The van der Waals surface area contributed by atoms with Gasteiger partial charge in [0, 0.05) is 25.2 Å². The fraction of sp³-hybridized carbons (Fsp3) is 0.571. The zero-order chi connectivity index (χ0) is 13.7. The topological polar surface area (TPSA) is 49.5 Å². The molecule has 0 spiro atoms. The van der Waals surface area contributed by atoms with E-state index in [1.807, 2.05) is 25.1 Å². The first kappa shape index (κ1) is 15.3. The highest BCUT2D eigenvalue weighted by Crippen LogP contribution is 2.30. The minimum absolute atomic E-state index is 0.0125. The van der Waals surface area contributed by atoms with E-state index in [1.54, 1.807) is 0 Å². The Kier molecular flexibility index (Phi) is 5.93. The van der Waals surface area contributed by atoms with Crippen molar-refractivity contribution in [3.8, 4) is 0 Å². The second-order valence-electron chi connectivity index (χ2n) is 4.86. The van der Waals surface area contributed by atoms with Crippen LogP contribution in [-0.2, 0) is 0 Å². The van der Waals surface area contributed by atoms with Gasteiger partial charge in [-0.15, -0.1) is 0 Å². The summed E-state index contributed by atoms with van der Waals surface area (Å²) in [4.78, 5) is 2.20. The van der Waals surface area contributed by atoms with E-state index in [9.17, 15) is 0 Å². The van der Waals surface area contributed by atoms with Gasteiger partial charge in [0.2, 0.25) is 0 Å². The molecular formula is C14H23ClN2O. The van der Waals surface area contributed by atoms with E-state index in [4.69, 9.17) is 22.4 Å². The van der Waals surface area contributed by atoms with Gasteiger partial charge in [-0.1, -0.05) is 17.7 Å². The van der Waals surface area contributed by atoms with Gasteiger partial charge in [-0.25, -0.2) is 0 Å². The number of aliphatic hydroxyl groups is 1. The van der Waals surface area contributed by atoms with Crippen molar-refractivity contribution in [3.05, 3.63) is 28.8 Å². The van der Waals surface area contributed by atoms with Crippen LogP contribution in [0, 0.1) is 0 Å². The summed E-state index contributed by atoms with van der Waals surface area (Å²) in [6, 6.07) is 6.28. The van der Waals surface area contributed by atoms with Crippen LogP contribution in [0.1, 0.15) is 38.8 Å². The quantitative estimate of drug-likeness (QED) is 0.836. The lowest BCUT2D eigenvalue weighted by Gasteiger charge is -2.30. The van der Waals surface area contributed by atoms with Gasteiger partial charge in [-0.05, 0) is 44.9 Å². The molecule has 1 atom stereocenters. The van der Waals surface area contributed by atoms with Crippen molar-refractivity contribution in [2.75, 3.05) is 18.1 Å². The molecule has 1 aromatic carbocycles. The van der Waals surface area contributed by atoms with E-state index in [0.717, 1.165) is 29.2 Å². The Balaban J connectivity index is 2.98. The number of hydrogen-bond acceptors (Lipinski definition) is 3. The molecule has 0 aromatic heterocycles. The monoisotopic (exact) mass is 270 g/mol. The van der Waals surface area contributed by atoms with E-state index in [2.05, 4.69) is 18.7 Å². The summed E-state index contributed by atoms with van der Waals surface area (Å²) in [5.41, 5.74) is 7.88. The van der Waals surface area contributed by atoms with Crippen LogP contribution < -0.4 is 10.6 Å². The van der Waals surface area contributed by atoms with Crippen molar-refractivity contribution in [2.24, 2.45) is 5.73 Å². The molecule has 0 amide bonds. The van der Waals surface area contributed by atoms with E-state index < -0.39 is 0 Å². The summed E-state index contributed by atoms with van der Waals surface area (Å²) in [7, 11) is 0. The lowest BCUT2D eigenvalue weighted by molar-refractivity contribution is 0.288. The number of anilines is 1. The third-order valence-electron chi connectivity index (χ3n) is 2.99. The predicted molar refractivity (Wildman–Crippen MR) is 78.2 cm³/mol. The molecule has 4 heteroatoms. The summed E-state index contributed by atoms with van der Waals surface area (Å²) in [5, 5.41) is 9.67. The molecule has 18 heavy (non-hydrogen) atoms. The summed E-state index contributed by atoms with van der Waals surface area (Å²) in [6.45, 7) is 7.17. The van der Waals surface area contributed by atoms with Crippen LogP contribution in [0.15, 0.2) is 18.2 Å². The molecule has 0 aliphatic carbocycles. The van der Waals surface area contributed by atoms with Gasteiger partial charge in [0.15, 0.2) is 0 Å². The third-order valence-corrected chi connectivity index (χ3v) is 3.29. The van der Waals surface area contributed by atoms with Crippen molar-refractivity contribution in [1.82, 2.24) is 0 Å². The van der Waals surface area contributed by atoms with Crippen molar-refractivity contribution in [1.29, 1.82) is 0 Å². The Morgan fingerprint density at radius 2 is 2.00 bits per heavy atom. The first-order valence-corrected chi connectivity index (χ1v) is 6.77. The van der Waals surface area contributed by atoms with Gasteiger partial charge in [0.05, 0.1) is 10.7 Å². The highest BCUT2D eigenvalue weighted by Gasteiger charge is 2.14. The van der Waals surface area contributed by atoms with Gasteiger partial charge in [-0.3, -0.25) is 0 Å². The van der Waals surface area contributed by atoms with Gasteiger partial charge in [0.1, 0.15) is 0 Å². The number of hydrogen-bond donors (Lipinski definition) is 2. The second-order valence-corrected chi connectivity index (χ2v) is 5.27. The maximum Gasteiger partial charge on any atom is 0.0642 e. The number of rotatable bonds is 6. The standard InChI is InChI=1S/C14H23ClN2O/c1-10(2)17(7-4-8-18)14-6-5-12(11(3)16)9-13(14)15/h5-6,9-11,18H,4,7-8,16H2,1-3H3/t11-/m0/s1. The highest BCUT2D eigenvalue weighted by atomic mass is 35.5. The number of nitrogens with two attached hydrogens (primary N) is 1. The molecule has 0 saturated heterocycles. The number of benzene rings is 1. The van der Waals surface area contributed by atoms with E-state index in [1.165, 1.54) is 0 Å². The van der Waals surface area contributed by atoms with E-state index >= 15 is 0 Å². The van der Waals surface area contributed by atoms with Gasteiger partial charge >= 0.3 is 0 Å². The first-order chi connectivity index (χ1) is 8.47. The molecule has 1 aromatic rings. The normalized spacial score (nSPS) is 12.8. The van der Waals surface area contributed by atoms with Gasteiger partial charge < -0.3 is 15.7 Å². The van der Waals surface area contributed by atoms with Crippen LogP contribution in [-0.4, -0.2) is 24.3 Å². The molecule has 0 heterocycles. The van der Waals surface area contributed by atoms with E-state index in [0.29, 0.717) is 6.04 Å². The van der Waals surface area contributed by atoms with E-state index in [-0.39, 0.29) is 12.6 Å². The molecule has 3 N–H and O–H groups in total. The lowest BCUT2D eigenvalue weighted by atomic mass is 10.1. The number of nitrogens with zero attached hydrogens (tertiary/aromatic N) is 1. The fourth-order valence-corrected chi connectivity index (χ4v) is 2.23. The SMILES string of the molecule is CC(C)N(CCCO)c1ccc([C@H](C)N)cc1Cl. The van der Waals surface area contributed by atoms with Crippen LogP contribution in [0.25, 0.3) is 0 Å². The maximum atomic E-state index is 8.95.